The predicted octanol–water partition coefficient (Wildman–Crippen LogP) is 5.88. The first-order chi connectivity index (χ1) is 21.7. The van der Waals surface area contributed by atoms with Gasteiger partial charge in [-0.2, -0.15) is 13.2 Å². The SMILES string of the molecule is COc1cc(C(=O)NCC(O)(c2cc3c(c(-c4ccc(F)c(Cl)c4)n2)OC[C@]3(C)C(N)=O)C2CC2)cc2cc(C(F)(F)F)ccc12. The summed E-state index contributed by atoms with van der Waals surface area (Å²) < 4.78 is 65.5. The minimum Gasteiger partial charge on any atom is -0.496 e. The Morgan fingerprint density at radius 2 is 1.89 bits per heavy atom. The topological polar surface area (TPSA) is 124 Å². The van der Waals surface area contributed by atoms with E-state index in [-0.39, 0.29) is 57.9 Å². The molecule has 0 saturated heterocycles. The molecule has 0 bridgehead atoms. The summed E-state index contributed by atoms with van der Waals surface area (Å²) in [6.07, 6.45) is -3.37. The maximum Gasteiger partial charge on any atom is 0.416 e. The molecule has 2 amide bonds. The number of ether oxygens (including phenoxy) is 2. The van der Waals surface area contributed by atoms with Gasteiger partial charge in [0.2, 0.25) is 5.91 Å². The van der Waals surface area contributed by atoms with Gasteiger partial charge in [0.25, 0.3) is 5.91 Å². The Kier molecular flexibility index (Phi) is 7.63. The number of amides is 2. The number of benzene rings is 3. The van der Waals surface area contributed by atoms with Crippen LogP contribution in [0.15, 0.2) is 54.6 Å². The first-order valence-corrected chi connectivity index (χ1v) is 14.7. The lowest BCUT2D eigenvalue weighted by atomic mass is 9.81. The van der Waals surface area contributed by atoms with Gasteiger partial charge in [0, 0.05) is 22.1 Å². The van der Waals surface area contributed by atoms with Gasteiger partial charge >= 0.3 is 6.18 Å². The van der Waals surface area contributed by atoms with Crippen molar-refractivity contribution in [1.29, 1.82) is 0 Å². The van der Waals surface area contributed by atoms with Gasteiger partial charge in [-0.05, 0) is 79.6 Å². The van der Waals surface area contributed by atoms with Crippen molar-refractivity contribution in [1.82, 2.24) is 10.3 Å². The Balaban J connectivity index is 1.39. The molecule has 1 unspecified atom stereocenters. The molecule has 240 valence electrons. The molecule has 4 aromatic rings. The Bertz CT molecular complexity index is 1910. The number of aromatic nitrogens is 1. The second kappa shape index (κ2) is 11.1. The highest BCUT2D eigenvalue weighted by Crippen LogP contribution is 2.50. The zero-order valence-corrected chi connectivity index (χ0v) is 25.4. The highest BCUT2D eigenvalue weighted by molar-refractivity contribution is 6.31. The second-order valence-corrected chi connectivity index (χ2v) is 12.2. The number of nitrogens with two attached hydrogens (primary N) is 1. The minimum atomic E-state index is -4.59. The van der Waals surface area contributed by atoms with Crippen LogP contribution in [-0.4, -0.2) is 42.2 Å². The van der Waals surface area contributed by atoms with Crippen LogP contribution >= 0.6 is 11.6 Å². The van der Waals surface area contributed by atoms with Crippen LogP contribution in [0.25, 0.3) is 22.0 Å². The number of rotatable bonds is 8. The lowest BCUT2D eigenvalue weighted by Gasteiger charge is -2.30. The van der Waals surface area contributed by atoms with E-state index in [2.05, 4.69) is 5.32 Å². The van der Waals surface area contributed by atoms with Crippen LogP contribution in [0.3, 0.4) is 0 Å². The van der Waals surface area contributed by atoms with E-state index >= 15 is 0 Å². The average Bonchev–Trinajstić information content (AvgIpc) is 3.83. The highest BCUT2D eigenvalue weighted by Gasteiger charge is 2.50. The number of nitrogens with one attached hydrogen (secondary N) is 1. The number of aliphatic hydroxyl groups is 1. The maximum atomic E-state index is 14.0. The van der Waals surface area contributed by atoms with Crippen molar-refractivity contribution in [2.24, 2.45) is 11.7 Å². The first kappa shape index (κ1) is 31.6. The number of halogens is 5. The van der Waals surface area contributed by atoms with Crippen LogP contribution in [0.1, 0.15) is 46.9 Å². The number of methoxy groups -OCH3 is 1. The molecule has 2 atom stereocenters. The number of fused-ring (bicyclic) bond motifs is 2. The summed E-state index contributed by atoms with van der Waals surface area (Å²) in [7, 11) is 1.34. The number of nitrogens with zero attached hydrogens (tertiary/aromatic N) is 1. The lowest BCUT2D eigenvalue weighted by molar-refractivity contribution is -0.137. The molecule has 6 rings (SSSR count). The molecule has 1 aliphatic heterocycles. The molecule has 1 fully saturated rings. The third-order valence-electron chi connectivity index (χ3n) is 8.75. The van der Waals surface area contributed by atoms with Crippen molar-refractivity contribution in [3.05, 3.63) is 87.8 Å². The molecule has 4 N–H and O–H groups in total. The van der Waals surface area contributed by atoms with Crippen molar-refractivity contribution >= 4 is 34.2 Å². The van der Waals surface area contributed by atoms with E-state index in [4.69, 9.17) is 31.8 Å². The van der Waals surface area contributed by atoms with Crippen LogP contribution in [-0.2, 0) is 22.0 Å². The maximum absolute atomic E-state index is 14.0. The van der Waals surface area contributed by atoms with Gasteiger partial charge in [-0.25, -0.2) is 9.37 Å². The first-order valence-electron chi connectivity index (χ1n) is 14.3. The number of primary amides is 1. The zero-order valence-electron chi connectivity index (χ0n) is 24.6. The van der Waals surface area contributed by atoms with E-state index in [1.807, 2.05) is 0 Å². The molecule has 1 aromatic heterocycles. The second-order valence-electron chi connectivity index (χ2n) is 11.8. The third kappa shape index (κ3) is 5.39. The summed E-state index contributed by atoms with van der Waals surface area (Å²) >= 11 is 6.06. The molecule has 2 aliphatic rings. The number of carbonyl (C=O) groups excluding carboxylic acids is 2. The quantitative estimate of drug-likeness (QED) is 0.203. The molecule has 46 heavy (non-hydrogen) atoms. The van der Waals surface area contributed by atoms with Crippen molar-refractivity contribution < 1.29 is 41.7 Å². The molecule has 13 heteroatoms. The van der Waals surface area contributed by atoms with Gasteiger partial charge in [0.05, 0.1) is 29.9 Å². The Labute approximate surface area is 265 Å². The number of carbonyl (C=O) groups is 2. The lowest BCUT2D eigenvalue weighted by Crippen LogP contribution is -2.44. The standard InChI is InChI=1S/C33H28ClF4N3O5/c1-31(30(39)43)15-46-28-22(31)13-26(41-27(28)16-3-8-24(35)23(34)11-16)32(44,19-4-5-19)14-40-29(42)18-9-17-10-20(33(36,37)38)6-7-21(17)25(12-18)45-2/h3,6-13,19,44H,4-5,14-15H2,1-2H3,(H2,39,43)(H,40,42)/t31-,32?/m0/s1. The molecule has 0 radical (unpaired) electrons. The third-order valence-corrected chi connectivity index (χ3v) is 9.04. The average molecular weight is 658 g/mol. The van der Waals surface area contributed by atoms with Gasteiger partial charge in [0.1, 0.15) is 40.6 Å². The summed E-state index contributed by atoms with van der Waals surface area (Å²) in [5.41, 5.74) is 2.93. The van der Waals surface area contributed by atoms with Gasteiger partial charge in [-0.3, -0.25) is 9.59 Å². The molecule has 1 saturated carbocycles. The fraction of sp³-hybridized carbons (Fsp3) is 0.303. The molecular formula is C33H28ClF4N3O5. The van der Waals surface area contributed by atoms with Crippen LogP contribution in [0.4, 0.5) is 17.6 Å². The fourth-order valence-electron chi connectivity index (χ4n) is 5.78. The molecule has 8 nitrogen and oxygen atoms in total. The summed E-state index contributed by atoms with van der Waals surface area (Å²) in [5.74, 6) is -1.90. The number of hydrogen-bond donors (Lipinski definition) is 3. The Morgan fingerprint density at radius 1 is 1.15 bits per heavy atom. The van der Waals surface area contributed by atoms with Crippen LogP contribution in [0.2, 0.25) is 5.02 Å². The molecule has 0 spiro atoms. The van der Waals surface area contributed by atoms with Crippen LogP contribution < -0.4 is 20.5 Å². The van der Waals surface area contributed by atoms with E-state index < -0.39 is 40.4 Å². The van der Waals surface area contributed by atoms with Gasteiger partial charge in [-0.1, -0.05) is 17.7 Å². The van der Waals surface area contributed by atoms with E-state index in [1.165, 1.54) is 43.5 Å². The van der Waals surface area contributed by atoms with Crippen molar-refractivity contribution in [2.45, 2.75) is 37.0 Å². The fourth-order valence-corrected chi connectivity index (χ4v) is 5.96. The summed E-state index contributed by atoms with van der Waals surface area (Å²) in [5, 5.41) is 15.2. The van der Waals surface area contributed by atoms with Crippen molar-refractivity contribution in [3.8, 4) is 22.8 Å². The number of alkyl halides is 3. The predicted molar refractivity (Wildman–Crippen MR) is 161 cm³/mol. The van der Waals surface area contributed by atoms with Crippen LogP contribution in [0.5, 0.6) is 11.5 Å². The molecule has 1 aliphatic carbocycles. The largest absolute Gasteiger partial charge is 0.496 e. The van der Waals surface area contributed by atoms with Gasteiger partial charge in [0.15, 0.2) is 0 Å². The number of hydrogen-bond acceptors (Lipinski definition) is 6. The van der Waals surface area contributed by atoms with Gasteiger partial charge in [-0.15, -0.1) is 0 Å². The Morgan fingerprint density at radius 3 is 2.52 bits per heavy atom. The smallest absolute Gasteiger partial charge is 0.416 e. The summed E-state index contributed by atoms with van der Waals surface area (Å²) in [4.78, 5) is 30.7. The van der Waals surface area contributed by atoms with Gasteiger partial charge < -0.3 is 25.6 Å². The zero-order chi connectivity index (χ0) is 33.2. The van der Waals surface area contributed by atoms with E-state index in [0.717, 1.165) is 18.2 Å². The minimum absolute atomic E-state index is 0.0140. The van der Waals surface area contributed by atoms with Crippen molar-refractivity contribution in [3.63, 3.8) is 0 Å². The van der Waals surface area contributed by atoms with E-state index in [9.17, 15) is 32.3 Å². The molecule has 2 heterocycles. The van der Waals surface area contributed by atoms with Crippen LogP contribution in [0, 0.1) is 11.7 Å². The normalized spacial score (nSPS) is 18.9. The van der Waals surface area contributed by atoms with Crippen molar-refractivity contribution in [2.75, 3.05) is 20.3 Å². The monoisotopic (exact) mass is 657 g/mol. The summed E-state index contributed by atoms with van der Waals surface area (Å²) in [6, 6.07) is 11.3. The van der Waals surface area contributed by atoms with E-state index in [0.29, 0.717) is 29.4 Å². The summed E-state index contributed by atoms with van der Waals surface area (Å²) in [6.45, 7) is 1.17. The molecular weight excluding hydrogens is 630 g/mol. The molecule has 3 aromatic carbocycles. The van der Waals surface area contributed by atoms with E-state index in [1.54, 1.807) is 6.92 Å². The number of pyridine rings is 1. The Hall–Kier alpha value is -4.42. The highest BCUT2D eigenvalue weighted by atomic mass is 35.5.